The molecule has 1 amide bonds. The van der Waals surface area contributed by atoms with Gasteiger partial charge in [0.1, 0.15) is 0 Å². The number of hydrogen-bond donors (Lipinski definition) is 1. The summed E-state index contributed by atoms with van der Waals surface area (Å²) in [5.74, 6) is 0.0877. The Morgan fingerprint density at radius 1 is 1.19 bits per heavy atom. The van der Waals surface area contributed by atoms with Crippen molar-refractivity contribution in [2.24, 2.45) is 5.92 Å². The van der Waals surface area contributed by atoms with E-state index in [2.05, 4.69) is 5.32 Å². The minimum Gasteiger partial charge on any atom is -0.383 e. The Balaban J connectivity index is 1.94. The molecule has 0 atom stereocenters. The molecule has 2 aromatic carbocycles. The van der Waals surface area contributed by atoms with Gasteiger partial charge in [-0.25, -0.2) is 8.42 Å². The number of sulfonamides is 1. The summed E-state index contributed by atoms with van der Waals surface area (Å²) < 4.78 is 33.3. The number of carbonyl (C=O) groups excluding carboxylic acids is 1. The standard InChI is InChI=1S/C22H28ClN3O4S/c1-25(2)21-10-9-19(24-22(27)16-7-8-16)13-17(21)15-26(11-12-30-3)31(28,29)20-6-4-5-18(23)14-20/h4-6,9-10,13-14,16H,7-8,11-12,15H2,1-3H3,(H,24,27). The second-order valence-corrected chi connectivity index (χ2v) is 10.2. The van der Waals surface area contributed by atoms with E-state index in [1.54, 1.807) is 12.1 Å². The third kappa shape index (κ3) is 5.98. The van der Waals surface area contributed by atoms with Crippen LogP contribution in [0.5, 0.6) is 0 Å². The molecule has 1 fully saturated rings. The van der Waals surface area contributed by atoms with E-state index < -0.39 is 10.0 Å². The lowest BCUT2D eigenvalue weighted by Gasteiger charge is -2.25. The molecule has 0 bridgehead atoms. The first-order valence-electron chi connectivity index (χ1n) is 10.1. The zero-order valence-electron chi connectivity index (χ0n) is 18.0. The second kappa shape index (κ2) is 9.99. The molecule has 1 N–H and O–H groups in total. The third-order valence-corrected chi connectivity index (χ3v) is 7.18. The Labute approximate surface area is 189 Å². The van der Waals surface area contributed by atoms with Crippen LogP contribution in [0.15, 0.2) is 47.4 Å². The van der Waals surface area contributed by atoms with E-state index in [-0.39, 0.29) is 36.4 Å². The van der Waals surface area contributed by atoms with Crippen molar-refractivity contribution >= 4 is 38.9 Å². The predicted molar refractivity (Wildman–Crippen MR) is 123 cm³/mol. The summed E-state index contributed by atoms with van der Waals surface area (Å²) >= 11 is 6.03. The summed E-state index contributed by atoms with van der Waals surface area (Å²) in [7, 11) is 1.51. The van der Waals surface area contributed by atoms with Crippen LogP contribution in [0.3, 0.4) is 0 Å². The van der Waals surface area contributed by atoms with Crippen molar-refractivity contribution in [3.63, 3.8) is 0 Å². The van der Waals surface area contributed by atoms with Crippen LogP contribution < -0.4 is 10.2 Å². The number of hydrogen-bond acceptors (Lipinski definition) is 5. The van der Waals surface area contributed by atoms with Crippen molar-refractivity contribution in [2.75, 3.05) is 44.6 Å². The van der Waals surface area contributed by atoms with Gasteiger partial charge < -0.3 is 15.0 Å². The van der Waals surface area contributed by atoms with Gasteiger partial charge in [-0.15, -0.1) is 0 Å². The van der Waals surface area contributed by atoms with Gasteiger partial charge in [-0.3, -0.25) is 4.79 Å². The topological polar surface area (TPSA) is 79.0 Å². The molecule has 2 aromatic rings. The Hall–Kier alpha value is -2.13. The molecular formula is C22H28ClN3O4S. The molecule has 0 radical (unpaired) electrons. The SMILES string of the molecule is COCCN(Cc1cc(NC(=O)C2CC2)ccc1N(C)C)S(=O)(=O)c1cccc(Cl)c1. The second-order valence-electron chi connectivity index (χ2n) is 7.79. The normalized spacial score (nSPS) is 14.0. The van der Waals surface area contributed by atoms with Crippen molar-refractivity contribution in [1.29, 1.82) is 0 Å². The largest absolute Gasteiger partial charge is 0.383 e. The van der Waals surface area contributed by atoms with Gasteiger partial charge >= 0.3 is 0 Å². The highest BCUT2D eigenvalue weighted by atomic mass is 35.5. The molecule has 0 spiro atoms. The molecule has 168 valence electrons. The van der Waals surface area contributed by atoms with Crippen LogP contribution in [0.2, 0.25) is 5.02 Å². The average Bonchev–Trinajstić information content (AvgIpc) is 3.56. The lowest BCUT2D eigenvalue weighted by molar-refractivity contribution is -0.117. The number of amides is 1. The van der Waals surface area contributed by atoms with Gasteiger partial charge in [-0.05, 0) is 54.8 Å². The number of carbonyl (C=O) groups is 1. The smallest absolute Gasteiger partial charge is 0.243 e. The van der Waals surface area contributed by atoms with E-state index >= 15 is 0 Å². The van der Waals surface area contributed by atoms with Gasteiger partial charge in [0.25, 0.3) is 0 Å². The fourth-order valence-corrected chi connectivity index (χ4v) is 4.96. The van der Waals surface area contributed by atoms with Crippen molar-refractivity contribution in [1.82, 2.24) is 4.31 Å². The fraction of sp³-hybridized carbons (Fsp3) is 0.409. The van der Waals surface area contributed by atoms with Crippen molar-refractivity contribution in [2.45, 2.75) is 24.3 Å². The van der Waals surface area contributed by atoms with Crippen molar-refractivity contribution < 1.29 is 17.9 Å². The number of nitrogens with one attached hydrogen (secondary N) is 1. The van der Waals surface area contributed by atoms with E-state index in [1.807, 2.05) is 37.2 Å². The van der Waals surface area contributed by atoms with Gasteiger partial charge in [0.2, 0.25) is 15.9 Å². The Kier molecular flexibility index (Phi) is 7.59. The number of ether oxygens (including phenoxy) is 1. The first kappa shape index (κ1) is 23.5. The van der Waals surface area contributed by atoms with Gasteiger partial charge in [0.05, 0.1) is 11.5 Å². The van der Waals surface area contributed by atoms with Crippen LogP contribution >= 0.6 is 11.6 Å². The Morgan fingerprint density at radius 2 is 1.94 bits per heavy atom. The highest BCUT2D eigenvalue weighted by Crippen LogP contribution is 2.32. The summed E-state index contributed by atoms with van der Waals surface area (Å²) in [6, 6.07) is 11.8. The summed E-state index contributed by atoms with van der Waals surface area (Å²) in [5, 5.41) is 3.29. The minimum absolute atomic E-state index is 0.00587. The minimum atomic E-state index is -3.81. The Bertz CT molecular complexity index is 1040. The van der Waals surface area contributed by atoms with Crippen molar-refractivity contribution in [3.8, 4) is 0 Å². The van der Waals surface area contributed by atoms with Crippen LogP contribution in [0.1, 0.15) is 18.4 Å². The van der Waals surface area contributed by atoms with Crippen LogP contribution in [0, 0.1) is 5.92 Å². The lowest BCUT2D eigenvalue weighted by Crippen LogP contribution is -2.34. The predicted octanol–water partition coefficient (Wildman–Crippen LogP) is 3.59. The zero-order valence-corrected chi connectivity index (χ0v) is 19.5. The molecule has 31 heavy (non-hydrogen) atoms. The molecule has 0 heterocycles. The van der Waals surface area contributed by atoms with Gasteiger partial charge in [-0.1, -0.05) is 17.7 Å². The molecule has 3 rings (SSSR count). The number of methoxy groups -OCH3 is 1. The zero-order chi connectivity index (χ0) is 22.6. The maximum atomic E-state index is 13.4. The maximum Gasteiger partial charge on any atom is 0.243 e. The number of rotatable bonds is 10. The Morgan fingerprint density at radius 3 is 2.55 bits per heavy atom. The molecule has 9 heteroatoms. The van der Waals surface area contributed by atoms with Gasteiger partial charge in [-0.2, -0.15) is 4.31 Å². The third-order valence-electron chi connectivity index (χ3n) is 5.10. The summed E-state index contributed by atoms with van der Waals surface area (Å²) in [4.78, 5) is 14.2. The van der Waals surface area contributed by atoms with Gasteiger partial charge in [0.15, 0.2) is 0 Å². The number of anilines is 2. The highest BCUT2D eigenvalue weighted by molar-refractivity contribution is 7.89. The molecule has 1 aliphatic carbocycles. The molecule has 7 nitrogen and oxygen atoms in total. The highest BCUT2D eigenvalue weighted by Gasteiger charge is 2.30. The first-order valence-corrected chi connectivity index (χ1v) is 11.9. The molecule has 0 aliphatic heterocycles. The first-order chi connectivity index (χ1) is 14.7. The van der Waals surface area contributed by atoms with E-state index in [1.165, 1.54) is 23.5 Å². The summed E-state index contributed by atoms with van der Waals surface area (Å²) in [6.07, 6.45) is 1.83. The van der Waals surface area contributed by atoms with Crippen molar-refractivity contribution in [3.05, 3.63) is 53.1 Å². The fourth-order valence-electron chi connectivity index (χ4n) is 3.26. The average molecular weight is 466 g/mol. The van der Waals surface area contributed by atoms with Crippen LogP contribution in [0.4, 0.5) is 11.4 Å². The molecule has 0 unspecified atom stereocenters. The summed E-state index contributed by atoms with van der Waals surface area (Å²) in [5.41, 5.74) is 2.30. The number of nitrogens with zero attached hydrogens (tertiary/aromatic N) is 2. The van der Waals surface area contributed by atoms with Gasteiger partial charge in [0, 0.05) is 56.6 Å². The van der Waals surface area contributed by atoms with E-state index in [0.717, 1.165) is 24.1 Å². The molecule has 0 aromatic heterocycles. The maximum absolute atomic E-state index is 13.4. The summed E-state index contributed by atoms with van der Waals surface area (Å²) in [6.45, 7) is 0.547. The molecule has 1 saturated carbocycles. The lowest BCUT2D eigenvalue weighted by atomic mass is 10.1. The van der Waals surface area contributed by atoms with E-state index in [0.29, 0.717) is 10.7 Å². The number of benzene rings is 2. The molecular weight excluding hydrogens is 438 g/mol. The molecule has 0 saturated heterocycles. The van der Waals surface area contributed by atoms with Crippen LogP contribution in [-0.4, -0.2) is 53.0 Å². The number of halogens is 1. The monoisotopic (exact) mass is 465 g/mol. The quantitative estimate of drug-likeness (QED) is 0.580. The van der Waals surface area contributed by atoms with Crippen LogP contribution in [-0.2, 0) is 26.1 Å². The molecule has 1 aliphatic rings. The van der Waals surface area contributed by atoms with E-state index in [4.69, 9.17) is 16.3 Å². The van der Waals surface area contributed by atoms with E-state index in [9.17, 15) is 13.2 Å². The van der Waals surface area contributed by atoms with Crippen LogP contribution in [0.25, 0.3) is 0 Å².